The molecule has 2 heterocycles. The summed E-state index contributed by atoms with van der Waals surface area (Å²) in [7, 11) is 0. The number of hydrogen-bond acceptors (Lipinski definition) is 3. The lowest BCUT2D eigenvalue weighted by Crippen LogP contribution is -2.10. The minimum absolute atomic E-state index is 0.904. The summed E-state index contributed by atoms with van der Waals surface area (Å²) in [6, 6.07) is 72.2. The zero-order valence-electron chi connectivity index (χ0n) is 29.8. The Hall–Kier alpha value is -6.94. The monoisotopic (exact) mass is 719 g/mol. The molecule has 258 valence electrons. The number of para-hydroxylation sites is 1. The minimum Gasteiger partial charge on any atom is -0.456 e. The number of anilines is 3. The van der Waals surface area contributed by atoms with Crippen LogP contribution >= 0.6 is 11.3 Å². The molecule has 0 saturated carbocycles. The maximum atomic E-state index is 6.26. The molecule has 0 unspecified atom stereocenters. The summed E-state index contributed by atoms with van der Waals surface area (Å²) in [6.45, 7) is 0. The molecule has 0 atom stereocenters. The molecule has 11 aromatic rings. The Morgan fingerprint density at radius 1 is 0.364 bits per heavy atom. The van der Waals surface area contributed by atoms with Gasteiger partial charge in [0.25, 0.3) is 0 Å². The van der Waals surface area contributed by atoms with Crippen molar-refractivity contribution in [1.29, 1.82) is 0 Å². The zero-order valence-corrected chi connectivity index (χ0v) is 30.6. The number of hydrogen-bond donors (Lipinski definition) is 0. The van der Waals surface area contributed by atoms with Crippen molar-refractivity contribution in [3.63, 3.8) is 0 Å². The van der Waals surface area contributed by atoms with E-state index in [-0.39, 0.29) is 0 Å². The molecule has 0 amide bonds. The average molecular weight is 720 g/mol. The first-order chi connectivity index (χ1) is 27.3. The van der Waals surface area contributed by atoms with Crippen molar-refractivity contribution in [2.75, 3.05) is 4.90 Å². The van der Waals surface area contributed by atoms with Crippen LogP contribution in [-0.2, 0) is 0 Å². The number of thiophene rings is 1. The van der Waals surface area contributed by atoms with E-state index >= 15 is 0 Å². The SMILES string of the molecule is c1ccc(-c2cccc3c2sc2c(N(c4ccc(-c5cccc6oc7ccccc7c56)cc4)c4cccc(-c5cccc6ccccc56)c4)cccc23)cc1. The van der Waals surface area contributed by atoms with Gasteiger partial charge in [0.05, 0.1) is 10.4 Å². The van der Waals surface area contributed by atoms with Crippen LogP contribution in [-0.4, -0.2) is 0 Å². The molecule has 0 bridgehead atoms. The predicted octanol–water partition coefficient (Wildman–Crippen LogP) is 15.6. The van der Waals surface area contributed by atoms with Gasteiger partial charge in [0, 0.05) is 37.6 Å². The van der Waals surface area contributed by atoms with Crippen LogP contribution in [0.25, 0.3) is 86.3 Å². The molecular weight excluding hydrogens is 687 g/mol. The summed E-state index contributed by atoms with van der Waals surface area (Å²) in [6.07, 6.45) is 0. The molecule has 0 saturated heterocycles. The topological polar surface area (TPSA) is 16.4 Å². The molecule has 0 aliphatic rings. The van der Waals surface area contributed by atoms with Crippen molar-refractivity contribution in [1.82, 2.24) is 0 Å². The van der Waals surface area contributed by atoms with Gasteiger partial charge < -0.3 is 9.32 Å². The van der Waals surface area contributed by atoms with Crippen molar-refractivity contribution >= 4 is 81.3 Å². The van der Waals surface area contributed by atoms with Crippen LogP contribution in [0.1, 0.15) is 0 Å². The Morgan fingerprint density at radius 2 is 0.964 bits per heavy atom. The first-order valence-corrected chi connectivity index (χ1v) is 19.5. The van der Waals surface area contributed by atoms with Crippen LogP contribution in [0.15, 0.2) is 205 Å². The third-order valence-electron chi connectivity index (χ3n) is 10.9. The summed E-state index contributed by atoms with van der Waals surface area (Å²) in [5.41, 5.74) is 12.4. The van der Waals surface area contributed by atoms with Crippen LogP contribution in [0.2, 0.25) is 0 Å². The van der Waals surface area contributed by atoms with Gasteiger partial charge in [0.15, 0.2) is 0 Å². The van der Waals surface area contributed by atoms with Crippen LogP contribution in [0, 0.1) is 0 Å². The van der Waals surface area contributed by atoms with E-state index in [0.29, 0.717) is 0 Å². The lowest BCUT2D eigenvalue weighted by atomic mass is 9.97. The van der Waals surface area contributed by atoms with Gasteiger partial charge in [0.1, 0.15) is 11.2 Å². The van der Waals surface area contributed by atoms with Crippen LogP contribution in [0.3, 0.4) is 0 Å². The smallest absolute Gasteiger partial charge is 0.136 e. The summed E-state index contributed by atoms with van der Waals surface area (Å²) in [4.78, 5) is 2.44. The van der Waals surface area contributed by atoms with Gasteiger partial charge in [-0.1, -0.05) is 158 Å². The van der Waals surface area contributed by atoms with E-state index in [4.69, 9.17) is 4.42 Å². The fourth-order valence-electron chi connectivity index (χ4n) is 8.35. The standard InChI is InChI=1S/C52H33NOS/c1-2-13-35(14-3-1)43-23-10-24-44-45-25-11-26-47(52(45)55-51(43)44)53(39-18-8-17-37(33-39)41-21-9-16-34-15-4-5-19-40(34)41)38-31-29-36(30-32-38)42-22-12-28-49-50(42)46-20-6-7-27-48(46)54-49/h1-33H. The normalized spacial score (nSPS) is 11.6. The molecule has 2 nitrogen and oxygen atoms in total. The largest absolute Gasteiger partial charge is 0.456 e. The van der Waals surface area contributed by atoms with Crippen LogP contribution in [0.4, 0.5) is 17.1 Å². The number of nitrogens with zero attached hydrogens (tertiary/aromatic N) is 1. The maximum Gasteiger partial charge on any atom is 0.136 e. The van der Waals surface area contributed by atoms with Gasteiger partial charge in [-0.2, -0.15) is 0 Å². The van der Waals surface area contributed by atoms with E-state index in [2.05, 4.69) is 193 Å². The summed E-state index contributed by atoms with van der Waals surface area (Å²) < 4.78 is 8.82. The highest BCUT2D eigenvalue weighted by molar-refractivity contribution is 7.27. The number of rotatable bonds is 6. The second kappa shape index (κ2) is 12.9. The fourth-order valence-corrected chi connectivity index (χ4v) is 9.69. The lowest BCUT2D eigenvalue weighted by molar-refractivity contribution is 0.669. The van der Waals surface area contributed by atoms with E-state index in [1.807, 2.05) is 23.5 Å². The first-order valence-electron chi connectivity index (χ1n) is 18.7. The summed E-state index contributed by atoms with van der Waals surface area (Å²) >= 11 is 1.88. The third kappa shape index (κ3) is 5.24. The second-order valence-corrected chi connectivity index (χ2v) is 15.1. The van der Waals surface area contributed by atoms with E-state index in [1.54, 1.807) is 0 Å². The first kappa shape index (κ1) is 31.6. The van der Waals surface area contributed by atoms with Gasteiger partial charge in [-0.05, 0) is 86.6 Å². The third-order valence-corrected chi connectivity index (χ3v) is 12.2. The quantitative estimate of drug-likeness (QED) is 0.170. The Balaban J connectivity index is 1.12. The van der Waals surface area contributed by atoms with Crippen LogP contribution < -0.4 is 4.90 Å². The Labute approximate surface area is 322 Å². The van der Waals surface area contributed by atoms with E-state index in [9.17, 15) is 0 Å². The second-order valence-electron chi connectivity index (χ2n) is 14.0. The van der Waals surface area contributed by atoms with E-state index < -0.39 is 0 Å². The highest BCUT2D eigenvalue weighted by Gasteiger charge is 2.21. The molecule has 0 fully saturated rings. The Morgan fingerprint density at radius 3 is 1.85 bits per heavy atom. The summed E-state index contributed by atoms with van der Waals surface area (Å²) in [5, 5.41) is 7.32. The number of benzene rings is 9. The Bertz CT molecular complexity index is 3200. The molecule has 9 aromatic carbocycles. The molecule has 3 heteroatoms. The maximum absolute atomic E-state index is 6.26. The highest BCUT2D eigenvalue weighted by atomic mass is 32.1. The van der Waals surface area contributed by atoms with Crippen molar-refractivity contribution in [2.24, 2.45) is 0 Å². The van der Waals surface area contributed by atoms with Gasteiger partial charge in [-0.25, -0.2) is 0 Å². The number of fused-ring (bicyclic) bond motifs is 7. The van der Waals surface area contributed by atoms with Crippen molar-refractivity contribution in [3.05, 3.63) is 200 Å². The summed E-state index contributed by atoms with van der Waals surface area (Å²) in [5.74, 6) is 0. The molecule has 0 aliphatic heterocycles. The molecule has 55 heavy (non-hydrogen) atoms. The predicted molar refractivity (Wildman–Crippen MR) is 235 cm³/mol. The Kier molecular flexibility index (Phi) is 7.39. The molecule has 0 N–H and O–H groups in total. The minimum atomic E-state index is 0.904. The van der Waals surface area contributed by atoms with Gasteiger partial charge in [-0.3, -0.25) is 0 Å². The molecule has 2 aromatic heterocycles. The van der Waals surface area contributed by atoms with Crippen molar-refractivity contribution in [3.8, 4) is 33.4 Å². The molecule has 0 spiro atoms. The fraction of sp³-hybridized carbons (Fsp3) is 0. The van der Waals surface area contributed by atoms with Gasteiger partial charge >= 0.3 is 0 Å². The number of furan rings is 1. The van der Waals surface area contributed by atoms with Gasteiger partial charge in [0.2, 0.25) is 0 Å². The lowest BCUT2D eigenvalue weighted by Gasteiger charge is -2.27. The van der Waals surface area contributed by atoms with Crippen molar-refractivity contribution < 1.29 is 4.42 Å². The zero-order chi connectivity index (χ0) is 36.3. The molecule has 11 rings (SSSR count). The average Bonchev–Trinajstić information content (AvgIpc) is 3.84. The van der Waals surface area contributed by atoms with Crippen LogP contribution in [0.5, 0.6) is 0 Å². The molecule has 0 aliphatic carbocycles. The highest BCUT2D eigenvalue weighted by Crippen LogP contribution is 2.48. The molecular formula is C52H33NOS. The van der Waals surface area contributed by atoms with Crippen molar-refractivity contribution in [2.45, 2.75) is 0 Å². The molecule has 0 radical (unpaired) electrons. The van der Waals surface area contributed by atoms with Gasteiger partial charge in [-0.15, -0.1) is 11.3 Å². The van der Waals surface area contributed by atoms with E-state index in [0.717, 1.165) is 44.6 Å². The van der Waals surface area contributed by atoms with E-state index in [1.165, 1.54) is 58.8 Å².